The van der Waals surface area contributed by atoms with Crippen LogP contribution in [-0.4, -0.2) is 32.5 Å². The van der Waals surface area contributed by atoms with Gasteiger partial charge in [-0.2, -0.15) is 13.2 Å². The van der Waals surface area contributed by atoms with E-state index >= 15 is 0 Å². The van der Waals surface area contributed by atoms with Crippen molar-refractivity contribution < 1.29 is 17.9 Å². The highest BCUT2D eigenvalue weighted by atomic mass is 19.4. The van der Waals surface area contributed by atoms with E-state index in [0.29, 0.717) is 13.0 Å². The zero-order valence-electron chi connectivity index (χ0n) is 9.36. The van der Waals surface area contributed by atoms with Crippen LogP contribution in [0.2, 0.25) is 0 Å². The van der Waals surface area contributed by atoms with E-state index in [-0.39, 0.29) is 12.5 Å². The minimum Gasteiger partial charge on any atom is -0.385 e. The fourth-order valence-electron chi connectivity index (χ4n) is 1.45. The number of methoxy groups -OCH3 is 1. The number of alkyl halides is 3. The van der Waals surface area contributed by atoms with Crippen LogP contribution in [0.5, 0.6) is 0 Å². The summed E-state index contributed by atoms with van der Waals surface area (Å²) in [6.07, 6.45) is -3.22. The average molecular weight is 227 g/mol. The Morgan fingerprint density at radius 3 is 2.40 bits per heavy atom. The molecular weight excluding hydrogens is 207 g/mol. The molecule has 2 nitrogen and oxygen atoms in total. The molecule has 0 aromatic heterocycles. The number of halogens is 3. The van der Waals surface area contributed by atoms with Crippen LogP contribution < -0.4 is 5.32 Å². The lowest BCUT2D eigenvalue weighted by atomic mass is 10.1. The first-order valence-electron chi connectivity index (χ1n) is 5.28. The van der Waals surface area contributed by atoms with E-state index in [9.17, 15) is 13.2 Å². The minimum atomic E-state index is -4.03. The molecule has 15 heavy (non-hydrogen) atoms. The summed E-state index contributed by atoms with van der Waals surface area (Å²) in [6, 6.07) is 0.136. The Kier molecular flexibility index (Phi) is 7.78. The maximum atomic E-state index is 11.9. The lowest BCUT2D eigenvalue weighted by Crippen LogP contribution is -2.30. The van der Waals surface area contributed by atoms with E-state index in [2.05, 4.69) is 5.32 Å². The normalized spacial score (nSPS) is 14.2. The van der Waals surface area contributed by atoms with Crippen LogP contribution in [0.15, 0.2) is 0 Å². The molecule has 0 aliphatic heterocycles. The van der Waals surface area contributed by atoms with Crippen molar-refractivity contribution in [1.82, 2.24) is 5.32 Å². The largest absolute Gasteiger partial charge is 0.389 e. The Labute approximate surface area is 89.2 Å². The molecule has 0 saturated heterocycles. The second kappa shape index (κ2) is 7.93. The van der Waals surface area contributed by atoms with Gasteiger partial charge in [0.05, 0.1) is 0 Å². The Balaban J connectivity index is 3.65. The lowest BCUT2D eigenvalue weighted by molar-refractivity contribution is -0.135. The summed E-state index contributed by atoms with van der Waals surface area (Å²) in [5.74, 6) is 0. The van der Waals surface area contributed by atoms with Gasteiger partial charge in [-0.15, -0.1) is 0 Å². The number of hydrogen-bond donors (Lipinski definition) is 1. The van der Waals surface area contributed by atoms with Gasteiger partial charge >= 0.3 is 6.18 Å². The summed E-state index contributed by atoms with van der Waals surface area (Å²) in [7, 11) is 1.60. The van der Waals surface area contributed by atoms with Gasteiger partial charge in [0.15, 0.2) is 0 Å². The molecule has 0 amide bonds. The summed E-state index contributed by atoms with van der Waals surface area (Å²) in [5, 5.41) is 3.16. The molecule has 0 heterocycles. The maximum Gasteiger partial charge on any atom is 0.389 e. The van der Waals surface area contributed by atoms with E-state index in [1.54, 1.807) is 7.11 Å². The molecule has 0 fully saturated rings. The number of rotatable bonds is 8. The molecule has 5 heteroatoms. The van der Waals surface area contributed by atoms with E-state index in [1.165, 1.54) is 0 Å². The third kappa shape index (κ3) is 10.0. The summed E-state index contributed by atoms with van der Waals surface area (Å²) in [6.45, 7) is 3.31. The fourth-order valence-corrected chi connectivity index (χ4v) is 1.45. The molecular formula is C10H20F3NO. The van der Waals surface area contributed by atoms with Gasteiger partial charge < -0.3 is 10.1 Å². The van der Waals surface area contributed by atoms with Crippen LogP contribution in [0.4, 0.5) is 13.2 Å². The van der Waals surface area contributed by atoms with Gasteiger partial charge in [0.2, 0.25) is 0 Å². The van der Waals surface area contributed by atoms with Crippen LogP contribution >= 0.6 is 0 Å². The molecule has 0 aliphatic rings. The molecule has 1 atom stereocenters. The van der Waals surface area contributed by atoms with Crippen molar-refractivity contribution >= 4 is 0 Å². The Morgan fingerprint density at radius 1 is 1.27 bits per heavy atom. The predicted octanol–water partition coefficient (Wildman–Crippen LogP) is 2.73. The Morgan fingerprint density at radius 2 is 1.93 bits per heavy atom. The second-order valence-corrected chi connectivity index (χ2v) is 3.54. The van der Waals surface area contributed by atoms with Crippen molar-refractivity contribution in [2.75, 3.05) is 20.3 Å². The molecule has 0 spiro atoms. The number of nitrogens with one attached hydrogen (secondary N) is 1. The van der Waals surface area contributed by atoms with Crippen molar-refractivity contribution in [2.24, 2.45) is 0 Å². The molecule has 1 N–H and O–H groups in total. The highest BCUT2D eigenvalue weighted by Crippen LogP contribution is 2.22. The SMILES string of the molecule is CCNC(CCCC(F)(F)F)CCOC. The molecule has 0 aromatic carbocycles. The van der Waals surface area contributed by atoms with Crippen molar-refractivity contribution in [3.63, 3.8) is 0 Å². The van der Waals surface area contributed by atoms with Gasteiger partial charge in [-0.25, -0.2) is 0 Å². The number of ether oxygens (including phenoxy) is 1. The summed E-state index contributed by atoms with van der Waals surface area (Å²) in [5.41, 5.74) is 0. The smallest absolute Gasteiger partial charge is 0.385 e. The lowest BCUT2D eigenvalue weighted by Gasteiger charge is -2.17. The number of hydrogen-bond acceptors (Lipinski definition) is 2. The summed E-state index contributed by atoms with van der Waals surface area (Å²) < 4.78 is 40.6. The third-order valence-corrected chi connectivity index (χ3v) is 2.18. The van der Waals surface area contributed by atoms with Crippen LogP contribution in [0.1, 0.15) is 32.6 Å². The van der Waals surface area contributed by atoms with Crippen molar-refractivity contribution in [3.05, 3.63) is 0 Å². The fraction of sp³-hybridized carbons (Fsp3) is 1.00. The highest BCUT2D eigenvalue weighted by Gasteiger charge is 2.26. The Hall–Kier alpha value is -0.290. The second-order valence-electron chi connectivity index (χ2n) is 3.54. The first-order chi connectivity index (χ1) is 6.99. The molecule has 0 saturated carbocycles. The highest BCUT2D eigenvalue weighted by molar-refractivity contribution is 4.66. The van der Waals surface area contributed by atoms with Crippen molar-refractivity contribution in [2.45, 2.75) is 44.8 Å². The molecule has 0 rings (SSSR count). The molecule has 92 valence electrons. The third-order valence-electron chi connectivity index (χ3n) is 2.18. The van der Waals surface area contributed by atoms with Gasteiger partial charge in [0.25, 0.3) is 0 Å². The predicted molar refractivity (Wildman–Crippen MR) is 53.9 cm³/mol. The van der Waals surface area contributed by atoms with Crippen LogP contribution in [0, 0.1) is 0 Å². The quantitative estimate of drug-likeness (QED) is 0.688. The van der Waals surface area contributed by atoms with E-state index in [4.69, 9.17) is 4.74 Å². The maximum absolute atomic E-state index is 11.9. The topological polar surface area (TPSA) is 21.3 Å². The summed E-state index contributed by atoms with van der Waals surface area (Å²) >= 11 is 0. The zero-order valence-corrected chi connectivity index (χ0v) is 9.36. The van der Waals surface area contributed by atoms with Crippen molar-refractivity contribution in [1.29, 1.82) is 0 Å². The van der Waals surface area contributed by atoms with Crippen LogP contribution in [0.25, 0.3) is 0 Å². The van der Waals surface area contributed by atoms with E-state index in [1.807, 2.05) is 6.92 Å². The molecule has 0 bridgehead atoms. The Bertz CT molecular complexity index is 150. The standard InChI is InChI=1S/C10H20F3NO/c1-3-14-9(6-8-15-2)5-4-7-10(11,12)13/h9,14H,3-8H2,1-2H3. The van der Waals surface area contributed by atoms with Gasteiger partial charge in [0.1, 0.15) is 0 Å². The van der Waals surface area contributed by atoms with Gasteiger partial charge in [-0.05, 0) is 25.8 Å². The first-order valence-corrected chi connectivity index (χ1v) is 5.28. The molecule has 1 unspecified atom stereocenters. The molecule has 0 radical (unpaired) electrons. The molecule has 0 aliphatic carbocycles. The van der Waals surface area contributed by atoms with Gasteiger partial charge in [-0.3, -0.25) is 0 Å². The monoisotopic (exact) mass is 227 g/mol. The van der Waals surface area contributed by atoms with E-state index < -0.39 is 12.6 Å². The van der Waals surface area contributed by atoms with Crippen LogP contribution in [0.3, 0.4) is 0 Å². The molecule has 0 aromatic rings. The average Bonchev–Trinajstić information content (AvgIpc) is 2.12. The van der Waals surface area contributed by atoms with Crippen LogP contribution in [-0.2, 0) is 4.74 Å². The van der Waals surface area contributed by atoms with Gasteiger partial charge in [0, 0.05) is 26.2 Å². The van der Waals surface area contributed by atoms with Crippen molar-refractivity contribution in [3.8, 4) is 0 Å². The first kappa shape index (κ1) is 14.7. The summed E-state index contributed by atoms with van der Waals surface area (Å²) in [4.78, 5) is 0. The van der Waals surface area contributed by atoms with Gasteiger partial charge in [-0.1, -0.05) is 6.92 Å². The minimum absolute atomic E-state index is 0.136. The zero-order chi connectivity index (χ0) is 11.7. The van der Waals surface area contributed by atoms with E-state index in [0.717, 1.165) is 13.0 Å².